The number of non-ortho nitro benzene ring substituents is 1. The maximum atomic E-state index is 12.3. The second-order valence-electron chi connectivity index (χ2n) is 4.81. The van der Waals surface area contributed by atoms with E-state index in [1.54, 1.807) is 0 Å². The van der Waals surface area contributed by atoms with Crippen molar-refractivity contribution >= 4 is 25.5 Å². The number of sulfonamides is 1. The van der Waals surface area contributed by atoms with Crippen molar-refractivity contribution in [3.8, 4) is 5.75 Å². The van der Waals surface area contributed by atoms with Crippen LogP contribution in [-0.4, -0.2) is 46.4 Å². The highest BCUT2D eigenvalue weighted by molar-refractivity contribution is 7.92. The maximum absolute atomic E-state index is 12.3. The standard InChI is InChI=1S/C11H14N2O7S2/c1-20-10-3-2-9(13(14)15)6-11(10)22(18,19)12-8-4-5-21(16,17)7-8/h2-3,6,8,12H,4-5,7H2,1H3. The van der Waals surface area contributed by atoms with E-state index in [0.29, 0.717) is 0 Å². The smallest absolute Gasteiger partial charge is 0.271 e. The van der Waals surface area contributed by atoms with Crippen LogP contribution in [0.1, 0.15) is 6.42 Å². The molecule has 1 aromatic carbocycles. The van der Waals surface area contributed by atoms with Gasteiger partial charge in [-0.05, 0) is 12.5 Å². The Morgan fingerprint density at radius 1 is 1.41 bits per heavy atom. The number of nitro benzene ring substituents is 1. The van der Waals surface area contributed by atoms with E-state index >= 15 is 0 Å². The van der Waals surface area contributed by atoms with Crippen LogP contribution in [0.5, 0.6) is 5.75 Å². The molecule has 1 fully saturated rings. The summed E-state index contributed by atoms with van der Waals surface area (Å²) in [6, 6.07) is 2.43. The summed E-state index contributed by atoms with van der Waals surface area (Å²) in [5.41, 5.74) is -0.403. The van der Waals surface area contributed by atoms with E-state index in [9.17, 15) is 26.9 Å². The van der Waals surface area contributed by atoms with Crippen LogP contribution in [0, 0.1) is 10.1 Å². The Hall–Kier alpha value is -1.72. The molecule has 0 aliphatic carbocycles. The monoisotopic (exact) mass is 350 g/mol. The van der Waals surface area contributed by atoms with Gasteiger partial charge in [-0.2, -0.15) is 0 Å². The van der Waals surface area contributed by atoms with Crippen molar-refractivity contribution in [1.82, 2.24) is 4.72 Å². The van der Waals surface area contributed by atoms with E-state index in [0.717, 1.165) is 12.1 Å². The molecule has 1 saturated heterocycles. The Bertz CT molecular complexity index is 802. The second kappa shape index (κ2) is 5.82. The first-order chi connectivity index (χ1) is 10.1. The molecule has 0 bridgehead atoms. The fourth-order valence-corrected chi connectivity index (χ4v) is 5.40. The fraction of sp³-hybridized carbons (Fsp3) is 0.455. The van der Waals surface area contributed by atoms with Crippen molar-refractivity contribution in [2.45, 2.75) is 17.4 Å². The number of sulfone groups is 1. The first kappa shape index (κ1) is 16.6. The van der Waals surface area contributed by atoms with Gasteiger partial charge in [0.05, 0.1) is 23.5 Å². The van der Waals surface area contributed by atoms with E-state index in [4.69, 9.17) is 4.74 Å². The van der Waals surface area contributed by atoms with Crippen LogP contribution in [0.2, 0.25) is 0 Å². The van der Waals surface area contributed by atoms with Crippen molar-refractivity contribution in [3.05, 3.63) is 28.3 Å². The number of nitro groups is 1. The van der Waals surface area contributed by atoms with Gasteiger partial charge in [-0.3, -0.25) is 10.1 Å². The molecular weight excluding hydrogens is 336 g/mol. The minimum atomic E-state index is -4.14. The number of hydrogen-bond donors (Lipinski definition) is 1. The summed E-state index contributed by atoms with van der Waals surface area (Å²) < 4.78 is 54.6. The Morgan fingerprint density at radius 2 is 2.09 bits per heavy atom. The van der Waals surface area contributed by atoms with E-state index < -0.39 is 41.4 Å². The average molecular weight is 350 g/mol. The Kier molecular flexibility index (Phi) is 4.40. The van der Waals surface area contributed by atoms with Crippen LogP contribution in [0.3, 0.4) is 0 Å². The van der Waals surface area contributed by atoms with Crippen molar-refractivity contribution < 1.29 is 26.5 Å². The van der Waals surface area contributed by atoms with Crippen LogP contribution < -0.4 is 9.46 Å². The second-order valence-corrected chi connectivity index (χ2v) is 8.72. The molecule has 0 amide bonds. The molecule has 1 N–H and O–H groups in total. The topological polar surface area (TPSA) is 133 Å². The lowest BCUT2D eigenvalue weighted by Crippen LogP contribution is -2.35. The highest BCUT2D eigenvalue weighted by atomic mass is 32.2. The van der Waals surface area contributed by atoms with Crippen molar-refractivity contribution in [3.63, 3.8) is 0 Å². The number of methoxy groups -OCH3 is 1. The summed E-state index contributed by atoms with van der Waals surface area (Å²) in [5.74, 6) is -0.436. The summed E-state index contributed by atoms with van der Waals surface area (Å²) >= 11 is 0. The van der Waals surface area contributed by atoms with Gasteiger partial charge in [0.1, 0.15) is 10.6 Å². The molecule has 1 heterocycles. The molecule has 9 nitrogen and oxygen atoms in total. The van der Waals surface area contributed by atoms with Gasteiger partial charge in [0, 0.05) is 18.2 Å². The van der Waals surface area contributed by atoms with Gasteiger partial charge >= 0.3 is 0 Å². The number of benzene rings is 1. The van der Waals surface area contributed by atoms with Crippen LogP contribution in [0.15, 0.2) is 23.1 Å². The molecule has 0 spiro atoms. The number of nitrogens with zero attached hydrogens (tertiary/aromatic N) is 1. The largest absolute Gasteiger partial charge is 0.495 e. The molecule has 22 heavy (non-hydrogen) atoms. The molecule has 1 atom stereocenters. The molecule has 122 valence electrons. The molecule has 1 unspecified atom stereocenters. The van der Waals surface area contributed by atoms with E-state index in [1.807, 2.05) is 0 Å². The van der Waals surface area contributed by atoms with Crippen LogP contribution in [0.4, 0.5) is 5.69 Å². The molecule has 1 aliphatic heterocycles. The van der Waals surface area contributed by atoms with Crippen LogP contribution >= 0.6 is 0 Å². The third-order valence-corrected chi connectivity index (χ3v) is 6.51. The summed E-state index contributed by atoms with van der Waals surface area (Å²) in [5, 5.41) is 10.8. The fourth-order valence-electron chi connectivity index (χ4n) is 2.16. The van der Waals surface area contributed by atoms with Crippen molar-refractivity contribution in [2.24, 2.45) is 0 Å². The Labute approximate surface area is 127 Å². The summed E-state index contributed by atoms with van der Waals surface area (Å²) in [4.78, 5) is 9.66. The zero-order valence-corrected chi connectivity index (χ0v) is 13.2. The zero-order valence-electron chi connectivity index (χ0n) is 11.6. The zero-order chi connectivity index (χ0) is 16.5. The Morgan fingerprint density at radius 3 is 2.59 bits per heavy atom. The molecule has 0 radical (unpaired) electrons. The third kappa shape index (κ3) is 3.54. The molecular formula is C11H14N2O7S2. The predicted molar refractivity (Wildman–Crippen MR) is 77.0 cm³/mol. The van der Waals surface area contributed by atoms with Gasteiger partial charge in [0.15, 0.2) is 9.84 Å². The average Bonchev–Trinajstić information content (AvgIpc) is 2.76. The highest BCUT2D eigenvalue weighted by Crippen LogP contribution is 2.28. The molecule has 0 aromatic heterocycles. The lowest BCUT2D eigenvalue weighted by molar-refractivity contribution is -0.385. The minimum absolute atomic E-state index is 0.0565. The van der Waals surface area contributed by atoms with E-state index in [2.05, 4.69) is 4.72 Å². The van der Waals surface area contributed by atoms with E-state index in [1.165, 1.54) is 13.2 Å². The summed E-state index contributed by atoms with van der Waals surface area (Å²) in [6.45, 7) is 0. The van der Waals surface area contributed by atoms with E-state index in [-0.39, 0.29) is 23.7 Å². The summed E-state index contributed by atoms with van der Waals surface area (Å²) in [7, 11) is -6.15. The molecule has 1 aromatic rings. The number of rotatable bonds is 5. The molecule has 11 heteroatoms. The van der Waals surface area contributed by atoms with Gasteiger partial charge < -0.3 is 4.74 Å². The van der Waals surface area contributed by atoms with Crippen LogP contribution in [-0.2, 0) is 19.9 Å². The number of ether oxygens (including phenoxy) is 1. The van der Waals surface area contributed by atoms with Gasteiger partial charge in [-0.25, -0.2) is 21.6 Å². The predicted octanol–water partition coefficient (Wildman–Crippen LogP) is 0.0688. The Balaban J connectivity index is 2.36. The third-order valence-electron chi connectivity index (χ3n) is 3.20. The van der Waals surface area contributed by atoms with Gasteiger partial charge in [0.2, 0.25) is 10.0 Å². The molecule has 0 saturated carbocycles. The van der Waals surface area contributed by atoms with Crippen LogP contribution in [0.25, 0.3) is 0 Å². The number of hydrogen-bond acceptors (Lipinski definition) is 7. The minimum Gasteiger partial charge on any atom is -0.495 e. The first-order valence-corrected chi connectivity index (χ1v) is 9.50. The lowest BCUT2D eigenvalue weighted by Gasteiger charge is -2.13. The van der Waals surface area contributed by atoms with Gasteiger partial charge in [-0.15, -0.1) is 0 Å². The molecule has 1 aliphatic rings. The normalized spacial score (nSPS) is 20.7. The van der Waals surface area contributed by atoms with Gasteiger partial charge in [0.25, 0.3) is 5.69 Å². The van der Waals surface area contributed by atoms with Gasteiger partial charge in [-0.1, -0.05) is 0 Å². The van der Waals surface area contributed by atoms with Crippen molar-refractivity contribution in [2.75, 3.05) is 18.6 Å². The maximum Gasteiger partial charge on any atom is 0.271 e. The molecule has 2 rings (SSSR count). The lowest BCUT2D eigenvalue weighted by atomic mass is 10.3. The SMILES string of the molecule is COc1ccc([N+](=O)[O-])cc1S(=O)(=O)NC1CCS(=O)(=O)C1. The first-order valence-electron chi connectivity index (χ1n) is 6.20. The number of nitrogens with one attached hydrogen (secondary N) is 1. The quantitative estimate of drug-likeness (QED) is 0.587. The highest BCUT2D eigenvalue weighted by Gasteiger charge is 2.33. The van der Waals surface area contributed by atoms with Crippen molar-refractivity contribution in [1.29, 1.82) is 0 Å². The summed E-state index contributed by atoms with van der Waals surface area (Å²) in [6.07, 6.45) is 0.165.